The van der Waals surface area contributed by atoms with Gasteiger partial charge in [-0.3, -0.25) is 0 Å². The topological polar surface area (TPSA) is 21.3 Å². The molecule has 0 aliphatic heterocycles. The summed E-state index contributed by atoms with van der Waals surface area (Å²) in [4.78, 5) is 0. The summed E-state index contributed by atoms with van der Waals surface area (Å²) < 4.78 is 31.9. The number of anilines is 1. The van der Waals surface area contributed by atoms with Crippen LogP contribution in [0.15, 0.2) is 18.2 Å². The third kappa shape index (κ3) is 2.94. The Morgan fingerprint density at radius 2 is 2.00 bits per heavy atom. The highest BCUT2D eigenvalue weighted by molar-refractivity contribution is 5.46. The van der Waals surface area contributed by atoms with Crippen molar-refractivity contribution in [3.05, 3.63) is 29.8 Å². The summed E-state index contributed by atoms with van der Waals surface area (Å²) in [5, 5.41) is 3.05. The van der Waals surface area contributed by atoms with E-state index >= 15 is 0 Å². The number of methoxy groups -OCH3 is 1. The summed E-state index contributed by atoms with van der Waals surface area (Å²) in [5.41, 5.74) is 0.221. The molecule has 1 aliphatic rings. The minimum Gasteiger partial charge on any atom is -0.379 e. The number of hydrogen-bond acceptors (Lipinski definition) is 2. The van der Waals surface area contributed by atoms with Gasteiger partial charge in [-0.25, -0.2) is 8.78 Å². The highest BCUT2D eigenvalue weighted by Gasteiger charge is 2.25. The average Bonchev–Trinajstić information content (AvgIpc) is 2.34. The van der Waals surface area contributed by atoms with Crippen molar-refractivity contribution in [2.24, 2.45) is 0 Å². The fraction of sp³-hybridized carbons (Fsp3) is 0.538. The van der Waals surface area contributed by atoms with E-state index in [1.807, 2.05) is 0 Å². The maximum atomic E-state index is 13.5. The van der Waals surface area contributed by atoms with Crippen LogP contribution in [0.5, 0.6) is 0 Å². The highest BCUT2D eigenvalue weighted by atomic mass is 19.1. The van der Waals surface area contributed by atoms with Crippen molar-refractivity contribution in [1.82, 2.24) is 0 Å². The van der Waals surface area contributed by atoms with Crippen molar-refractivity contribution in [2.45, 2.75) is 37.8 Å². The lowest BCUT2D eigenvalue weighted by Gasteiger charge is -2.31. The van der Waals surface area contributed by atoms with Crippen LogP contribution in [0.1, 0.15) is 25.7 Å². The van der Waals surface area contributed by atoms with Crippen molar-refractivity contribution < 1.29 is 13.5 Å². The Bertz CT molecular complexity index is 384. The van der Waals surface area contributed by atoms with Gasteiger partial charge in [0.05, 0.1) is 17.8 Å². The summed E-state index contributed by atoms with van der Waals surface area (Å²) in [5.74, 6) is -0.856. The molecule has 0 saturated heterocycles. The van der Waals surface area contributed by atoms with Gasteiger partial charge in [-0.1, -0.05) is 12.8 Å². The Labute approximate surface area is 100.0 Å². The van der Waals surface area contributed by atoms with E-state index in [0.717, 1.165) is 37.8 Å². The van der Waals surface area contributed by atoms with Gasteiger partial charge in [-0.05, 0) is 31.0 Å². The molecule has 1 saturated carbocycles. The SMILES string of the molecule is COC1CCCCC1Nc1cc(F)ccc1F. The molecule has 2 rings (SSSR count). The number of nitrogens with one attached hydrogen (secondary N) is 1. The number of ether oxygens (including phenoxy) is 1. The first-order valence-corrected chi connectivity index (χ1v) is 5.95. The quantitative estimate of drug-likeness (QED) is 0.876. The molecule has 1 aromatic rings. The molecule has 0 bridgehead atoms. The summed E-state index contributed by atoms with van der Waals surface area (Å²) in [6, 6.07) is 3.51. The zero-order valence-electron chi connectivity index (χ0n) is 9.88. The zero-order chi connectivity index (χ0) is 12.3. The standard InChI is InChI=1S/C13H17F2NO/c1-17-13-5-3-2-4-11(13)16-12-8-9(14)6-7-10(12)15/h6-8,11,13,16H,2-5H2,1H3. The second-order valence-electron chi connectivity index (χ2n) is 4.43. The molecule has 0 amide bonds. The van der Waals surface area contributed by atoms with Crippen molar-refractivity contribution >= 4 is 5.69 Å². The molecule has 94 valence electrons. The normalized spacial score (nSPS) is 24.6. The Kier molecular flexibility index (Phi) is 3.94. The van der Waals surface area contributed by atoms with Gasteiger partial charge in [0, 0.05) is 7.11 Å². The lowest BCUT2D eigenvalue weighted by molar-refractivity contribution is 0.0605. The highest BCUT2D eigenvalue weighted by Crippen LogP contribution is 2.25. The first-order chi connectivity index (χ1) is 8.20. The molecule has 1 aliphatic carbocycles. The number of halogens is 2. The van der Waals surface area contributed by atoms with Gasteiger partial charge in [-0.2, -0.15) is 0 Å². The van der Waals surface area contributed by atoms with E-state index in [0.29, 0.717) is 0 Å². The monoisotopic (exact) mass is 241 g/mol. The van der Waals surface area contributed by atoms with Gasteiger partial charge in [-0.15, -0.1) is 0 Å². The average molecular weight is 241 g/mol. The van der Waals surface area contributed by atoms with E-state index < -0.39 is 11.6 Å². The Morgan fingerprint density at radius 3 is 2.76 bits per heavy atom. The maximum Gasteiger partial charge on any atom is 0.146 e. The fourth-order valence-electron chi connectivity index (χ4n) is 2.35. The molecule has 0 radical (unpaired) electrons. The summed E-state index contributed by atoms with van der Waals surface area (Å²) in [6.45, 7) is 0. The van der Waals surface area contributed by atoms with Crippen molar-refractivity contribution in [3.63, 3.8) is 0 Å². The first-order valence-electron chi connectivity index (χ1n) is 5.95. The third-order valence-corrected chi connectivity index (χ3v) is 3.27. The van der Waals surface area contributed by atoms with Crippen LogP contribution >= 0.6 is 0 Å². The molecule has 0 spiro atoms. The van der Waals surface area contributed by atoms with Crippen LogP contribution in [0, 0.1) is 11.6 Å². The molecule has 2 atom stereocenters. The van der Waals surface area contributed by atoms with Gasteiger partial charge in [0.1, 0.15) is 11.6 Å². The molecule has 4 heteroatoms. The Balaban J connectivity index is 2.10. The molecule has 2 unspecified atom stereocenters. The van der Waals surface area contributed by atoms with E-state index in [2.05, 4.69) is 5.32 Å². The molecule has 0 heterocycles. The van der Waals surface area contributed by atoms with Crippen LogP contribution in [0.25, 0.3) is 0 Å². The summed E-state index contributed by atoms with van der Waals surface area (Å²) in [7, 11) is 1.66. The van der Waals surface area contributed by atoms with Crippen molar-refractivity contribution in [2.75, 3.05) is 12.4 Å². The van der Waals surface area contributed by atoms with Gasteiger partial charge < -0.3 is 10.1 Å². The molecule has 2 nitrogen and oxygen atoms in total. The molecular formula is C13H17F2NO. The van der Waals surface area contributed by atoms with Gasteiger partial charge >= 0.3 is 0 Å². The van der Waals surface area contributed by atoms with Crippen molar-refractivity contribution in [1.29, 1.82) is 0 Å². The second kappa shape index (κ2) is 5.45. The maximum absolute atomic E-state index is 13.5. The molecular weight excluding hydrogens is 224 g/mol. The minimum absolute atomic E-state index is 0.0602. The third-order valence-electron chi connectivity index (χ3n) is 3.27. The van der Waals surface area contributed by atoms with Crippen LogP contribution < -0.4 is 5.32 Å². The Hall–Kier alpha value is -1.16. The lowest BCUT2D eigenvalue weighted by atomic mass is 9.92. The fourth-order valence-corrected chi connectivity index (χ4v) is 2.35. The molecule has 1 fully saturated rings. The second-order valence-corrected chi connectivity index (χ2v) is 4.43. The van der Waals surface area contributed by atoms with E-state index in [1.165, 1.54) is 6.07 Å². The molecule has 1 aromatic carbocycles. The van der Waals surface area contributed by atoms with Gasteiger partial charge in [0.25, 0.3) is 0 Å². The summed E-state index contributed by atoms with van der Waals surface area (Å²) in [6.07, 6.45) is 4.18. The van der Waals surface area contributed by atoms with Crippen LogP contribution in [0.4, 0.5) is 14.5 Å². The number of rotatable bonds is 3. The van der Waals surface area contributed by atoms with Gasteiger partial charge in [0.15, 0.2) is 0 Å². The summed E-state index contributed by atoms with van der Waals surface area (Å²) >= 11 is 0. The van der Waals surface area contributed by atoms with E-state index in [1.54, 1.807) is 7.11 Å². The van der Waals surface area contributed by atoms with Crippen LogP contribution in [0.2, 0.25) is 0 Å². The van der Waals surface area contributed by atoms with Gasteiger partial charge in [0.2, 0.25) is 0 Å². The molecule has 0 aromatic heterocycles. The smallest absolute Gasteiger partial charge is 0.146 e. The van der Waals surface area contributed by atoms with E-state index in [4.69, 9.17) is 4.74 Å². The zero-order valence-corrected chi connectivity index (χ0v) is 9.88. The van der Waals surface area contributed by atoms with Crippen LogP contribution in [-0.4, -0.2) is 19.3 Å². The minimum atomic E-state index is -0.432. The van der Waals surface area contributed by atoms with Crippen molar-refractivity contribution in [3.8, 4) is 0 Å². The Morgan fingerprint density at radius 1 is 1.24 bits per heavy atom. The largest absolute Gasteiger partial charge is 0.379 e. The molecule has 1 N–H and O–H groups in total. The first kappa shape index (κ1) is 12.3. The predicted octanol–water partition coefficient (Wildman–Crippen LogP) is 3.33. The molecule has 17 heavy (non-hydrogen) atoms. The number of benzene rings is 1. The predicted molar refractivity (Wildman–Crippen MR) is 63.0 cm³/mol. The lowest BCUT2D eigenvalue weighted by Crippen LogP contribution is -2.38. The van der Waals surface area contributed by atoms with Crippen LogP contribution in [-0.2, 0) is 4.74 Å². The number of hydrogen-bond donors (Lipinski definition) is 1. The van der Waals surface area contributed by atoms with E-state index in [-0.39, 0.29) is 17.8 Å². The van der Waals surface area contributed by atoms with E-state index in [9.17, 15) is 8.78 Å². The van der Waals surface area contributed by atoms with Crippen LogP contribution in [0.3, 0.4) is 0 Å².